The molecule has 0 aliphatic heterocycles. The van der Waals surface area contributed by atoms with Crippen molar-refractivity contribution in [2.45, 2.75) is 0 Å². The summed E-state index contributed by atoms with van der Waals surface area (Å²) in [5.41, 5.74) is 4.17. The van der Waals surface area contributed by atoms with Crippen LogP contribution in [0.15, 0.2) is 24.3 Å². The first kappa shape index (κ1) is 19.0. The smallest absolute Gasteiger partial charge is 0.346 e. The fourth-order valence-electron chi connectivity index (χ4n) is 1.61. The SMILES string of the molecule is COc1cc(F)cc(F)c1N.COc1cc(F)cc(F)c1[N+](=O)[O-]. The van der Waals surface area contributed by atoms with E-state index in [4.69, 9.17) is 5.73 Å². The molecule has 24 heavy (non-hydrogen) atoms. The third-order valence-corrected chi connectivity index (χ3v) is 2.67. The zero-order valence-electron chi connectivity index (χ0n) is 12.5. The highest BCUT2D eigenvalue weighted by Gasteiger charge is 2.22. The van der Waals surface area contributed by atoms with E-state index in [2.05, 4.69) is 9.47 Å². The molecule has 0 saturated heterocycles. The molecule has 2 aromatic carbocycles. The molecule has 0 atom stereocenters. The highest BCUT2D eigenvalue weighted by Crippen LogP contribution is 2.30. The Hall–Kier alpha value is -3.04. The Bertz CT molecular complexity index is 756. The second-order valence-electron chi connectivity index (χ2n) is 4.20. The second kappa shape index (κ2) is 7.99. The highest BCUT2D eigenvalue weighted by molar-refractivity contribution is 5.53. The van der Waals surface area contributed by atoms with Crippen molar-refractivity contribution < 1.29 is 32.0 Å². The summed E-state index contributed by atoms with van der Waals surface area (Å²) < 4.78 is 59.4. The van der Waals surface area contributed by atoms with Crippen LogP contribution in [0.4, 0.5) is 28.9 Å². The lowest BCUT2D eigenvalue weighted by atomic mass is 10.3. The summed E-state index contributed by atoms with van der Waals surface area (Å²) in [6.45, 7) is 0. The summed E-state index contributed by atoms with van der Waals surface area (Å²) in [5, 5.41) is 10.3. The van der Waals surface area contributed by atoms with Gasteiger partial charge in [0.15, 0.2) is 5.82 Å². The molecule has 0 heterocycles. The number of nitrogens with zero attached hydrogens (tertiary/aromatic N) is 1. The van der Waals surface area contributed by atoms with Crippen LogP contribution >= 0.6 is 0 Å². The van der Waals surface area contributed by atoms with Crippen LogP contribution in [0.5, 0.6) is 11.5 Å². The van der Waals surface area contributed by atoms with Crippen molar-refractivity contribution >= 4 is 11.4 Å². The molecule has 0 amide bonds. The predicted octanol–water partition coefficient (Wildman–Crippen LogP) is 3.44. The fourth-order valence-corrected chi connectivity index (χ4v) is 1.61. The van der Waals surface area contributed by atoms with Gasteiger partial charge in [0.25, 0.3) is 0 Å². The van der Waals surface area contributed by atoms with Crippen LogP contribution in [0.1, 0.15) is 0 Å². The number of anilines is 1. The summed E-state index contributed by atoms with van der Waals surface area (Å²) in [6, 6.07) is 2.91. The van der Waals surface area contributed by atoms with E-state index in [1.807, 2.05) is 0 Å². The van der Waals surface area contributed by atoms with Crippen molar-refractivity contribution in [1.29, 1.82) is 0 Å². The topological polar surface area (TPSA) is 87.6 Å². The molecule has 0 bridgehead atoms. The lowest BCUT2D eigenvalue weighted by Crippen LogP contribution is -1.97. The summed E-state index contributed by atoms with van der Waals surface area (Å²) >= 11 is 0. The van der Waals surface area contributed by atoms with Gasteiger partial charge in [0.05, 0.1) is 19.1 Å². The largest absolute Gasteiger partial charge is 0.494 e. The fraction of sp³-hybridized carbons (Fsp3) is 0.143. The van der Waals surface area contributed by atoms with Crippen molar-refractivity contribution in [3.8, 4) is 11.5 Å². The standard InChI is InChI=1S/C7H5F2NO3.C7H7F2NO/c1-13-6-3-4(8)2-5(9)7(6)10(11)12;1-11-6-3-4(8)2-5(9)7(6)10/h2-3H,1H3;2-3H,10H2,1H3. The number of nitro benzene ring substituents is 1. The molecule has 130 valence electrons. The van der Waals surface area contributed by atoms with E-state index in [0.29, 0.717) is 12.1 Å². The molecule has 0 aromatic heterocycles. The molecule has 0 aliphatic carbocycles. The van der Waals surface area contributed by atoms with E-state index in [1.165, 1.54) is 7.11 Å². The number of ether oxygens (including phenoxy) is 2. The summed E-state index contributed by atoms with van der Waals surface area (Å²) in [5.74, 6) is -4.08. The minimum atomic E-state index is -1.25. The number of hydrogen-bond acceptors (Lipinski definition) is 5. The van der Waals surface area contributed by atoms with E-state index >= 15 is 0 Å². The average Bonchev–Trinajstić information content (AvgIpc) is 2.50. The normalized spacial score (nSPS) is 9.75. The molecule has 6 nitrogen and oxygen atoms in total. The van der Waals surface area contributed by atoms with Gasteiger partial charge in [-0.05, 0) is 0 Å². The quantitative estimate of drug-likeness (QED) is 0.397. The van der Waals surface area contributed by atoms with Gasteiger partial charge in [-0.3, -0.25) is 10.1 Å². The second-order valence-corrected chi connectivity index (χ2v) is 4.20. The molecule has 0 unspecified atom stereocenters. The first-order valence-corrected chi connectivity index (χ1v) is 6.17. The maximum absolute atomic E-state index is 12.8. The predicted molar refractivity (Wildman–Crippen MR) is 76.9 cm³/mol. The lowest BCUT2D eigenvalue weighted by molar-refractivity contribution is -0.388. The number of benzene rings is 2. The van der Waals surface area contributed by atoms with Gasteiger partial charge in [-0.1, -0.05) is 0 Å². The Morgan fingerprint density at radius 1 is 0.917 bits per heavy atom. The van der Waals surface area contributed by atoms with Gasteiger partial charge < -0.3 is 15.2 Å². The van der Waals surface area contributed by atoms with Crippen molar-refractivity contribution in [1.82, 2.24) is 0 Å². The van der Waals surface area contributed by atoms with E-state index < -0.39 is 39.6 Å². The molecule has 0 radical (unpaired) electrons. The minimum absolute atomic E-state index is 0.0162. The first-order chi connectivity index (χ1) is 11.2. The minimum Gasteiger partial charge on any atom is -0.494 e. The Balaban J connectivity index is 0.000000243. The van der Waals surface area contributed by atoms with Crippen LogP contribution in [0.3, 0.4) is 0 Å². The Kier molecular flexibility index (Phi) is 6.33. The molecule has 0 saturated carbocycles. The van der Waals surface area contributed by atoms with Crippen LogP contribution in [0.25, 0.3) is 0 Å². The number of rotatable bonds is 3. The molecule has 0 aliphatic rings. The summed E-state index contributed by atoms with van der Waals surface area (Å²) in [4.78, 5) is 9.31. The van der Waals surface area contributed by atoms with Gasteiger partial charge >= 0.3 is 5.69 Å². The number of hydrogen-bond donors (Lipinski definition) is 1. The molecule has 2 N–H and O–H groups in total. The summed E-state index contributed by atoms with van der Waals surface area (Å²) in [7, 11) is 2.39. The number of methoxy groups -OCH3 is 2. The Morgan fingerprint density at radius 3 is 1.83 bits per heavy atom. The summed E-state index contributed by atoms with van der Waals surface area (Å²) in [6.07, 6.45) is 0. The van der Waals surface area contributed by atoms with Crippen LogP contribution in [0.2, 0.25) is 0 Å². The van der Waals surface area contributed by atoms with Gasteiger partial charge in [-0.2, -0.15) is 4.39 Å². The van der Waals surface area contributed by atoms with Crippen molar-refractivity contribution in [3.63, 3.8) is 0 Å². The van der Waals surface area contributed by atoms with Crippen LogP contribution < -0.4 is 15.2 Å². The van der Waals surface area contributed by atoms with Crippen molar-refractivity contribution in [2.75, 3.05) is 20.0 Å². The molecular formula is C14H12F4N2O4. The third kappa shape index (κ3) is 4.48. The Labute approximate surface area is 133 Å². The van der Waals surface area contributed by atoms with E-state index in [1.54, 1.807) is 0 Å². The van der Waals surface area contributed by atoms with Crippen LogP contribution in [0, 0.1) is 33.4 Å². The lowest BCUT2D eigenvalue weighted by Gasteiger charge is -2.03. The van der Waals surface area contributed by atoms with E-state index in [9.17, 15) is 27.7 Å². The van der Waals surface area contributed by atoms with E-state index in [0.717, 1.165) is 19.2 Å². The molecule has 2 aromatic rings. The first-order valence-electron chi connectivity index (χ1n) is 6.17. The average molecular weight is 348 g/mol. The van der Waals surface area contributed by atoms with Gasteiger partial charge in [-0.25, -0.2) is 13.2 Å². The number of nitrogens with two attached hydrogens (primary N) is 1. The van der Waals surface area contributed by atoms with Crippen molar-refractivity contribution in [3.05, 3.63) is 57.6 Å². The maximum atomic E-state index is 12.8. The Morgan fingerprint density at radius 2 is 1.38 bits per heavy atom. The van der Waals surface area contributed by atoms with Crippen molar-refractivity contribution in [2.24, 2.45) is 0 Å². The molecule has 0 fully saturated rings. The monoisotopic (exact) mass is 348 g/mol. The van der Waals surface area contributed by atoms with Crippen LogP contribution in [-0.4, -0.2) is 19.1 Å². The molecule has 2 rings (SSSR count). The van der Waals surface area contributed by atoms with Crippen LogP contribution in [-0.2, 0) is 0 Å². The number of nitro groups is 1. The van der Waals surface area contributed by atoms with Gasteiger partial charge in [-0.15, -0.1) is 0 Å². The molecular weight excluding hydrogens is 336 g/mol. The van der Waals surface area contributed by atoms with Gasteiger partial charge in [0.2, 0.25) is 11.6 Å². The van der Waals surface area contributed by atoms with E-state index in [-0.39, 0.29) is 11.4 Å². The maximum Gasteiger partial charge on any atom is 0.346 e. The zero-order valence-corrected chi connectivity index (χ0v) is 12.5. The zero-order chi connectivity index (χ0) is 18.4. The highest BCUT2D eigenvalue weighted by atomic mass is 19.1. The van der Waals surface area contributed by atoms with Gasteiger partial charge in [0, 0.05) is 24.3 Å². The number of halogens is 4. The van der Waals surface area contributed by atoms with Gasteiger partial charge in [0.1, 0.15) is 23.1 Å². The number of nitrogen functional groups attached to an aromatic ring is 1. The molecule has 10 heteroatoms. The molecule has 0 spiro atoms. The third-order valence-electron chi connectivity index (χ3n) is 2.67.